The molecule has 1 N–H and O–H groups in total. The van der Waals surface area contributed by atoms with Gasteiger partial charge in [0.25, 0.3) is 0 Å². The quantitative estimate of drug-likeness (QED) is 0.749. The van der Waals surface area contributed by atoms with E-state index in [4.69, 9.17) is 0 Å². The molecule has 0 bridgehead atoms. The minimum Gasteiger partial charge on any atom is -0.348 e. The minimum atomic E-state index is -0.182. The van der Waals surface area contributed by atoms with E-state index in [0.29, 0.717) is 12.2 Å². The van der Waals surface area contributed by atoms with E-state index in [1.54, 1.807) is 24.7 Å². The van der Waals surface area contributed by atoms with Crippen molar-refractivity contribution in [2.45, 2.75) is 6.54 Å². The maximum Gasteiger partial charge on any atom is 0.244 e. The van der Waals surface area contributed by atoms with Crippen LogP contribution in [0.1, 0.15) is 11.3 Å². The molecule has 0 radical (unpaired) electrons. The molecule has 3 aromatic rings. The van der Waals surface area contributed by atoms with Gasteiger partial charge in [-0.2, -0.15) is 0 Å². The lowest BCUT2D eigenvalue weighted by Crippen LogP contribution is -2.20. The van der Waals surface area contributed by atoms with Crippen LogP contribution in [0, 0.1) is 0 Å². The molecule has 1 amide bonds. The van der Waals surface area contributed by atoms with E-state index in [9.17, 15) is 4.79 Å². The molecular formula is C17H14N4O. The van der Waals surface area contributed by atoms with Crippen molar-refractivity contribution in [2.24, 2.45) is 0 Å². The number of pyridine rings is 1. The second kappa shape index (κ2) is 6.58. The molecule has 5 heteroatoms. The Kier molecular flexibility index (Phi) is 4.15. The number of amides is 1. The summed E-state index contributed by atoms with van der Waals surface area (Å²) in [5, 5.41) is 2.79. The first-order chi connectivity index (χ1) is 10.8. The summed E-state index contributed by atoms with van der Waals surface area (Å²) >= 11 is 0. The highest BCUT2D eigenvalue weighted by atomic mass is 16.1. The van der Waals surface area contributed by atoms with Crippen molar-refractivity contribution in [3.05, 3.63) is 72.3 Å². The number of benzene rings is 1. The van der Waals surface area contributed by atoms with Crippen LogP contribution in [0.4, 0.5) is 0 Å². The van der Waals surface area contributed by atoms with E-state index in [0.717, 1.165) is 16.6 Å². The van der Waals surface area contributed by atoms with Crippen molar-refractivity contribution in [2.75, 3.05) is 0 Å². The molecule has 22 heavy (non-hydrogen) atoms. The molecule has 0 unspecified atom stereocenters. The fourth-order valence-corrected chi connectivity index (χ4v) is 1.96. The maximum absolute atomic E-state index is 11.8. The first-order valence-corrected chi connectivity index (χ1v) is 6.88. The topological polar surface area (TPSA) is 67.8 Å². The third-order valence-electron chi connectivity index (χ3n) is 3.06. The van der Waals surface area contributed by atoms with Crippen LogP contribution in [0.25, 0.3) is 17.1 Å². The molecule has 0 fully saturated rings. The average Bonchev–Trinajstić information content (AvgIpc) is 2.59. The maximum atomic E-state index is 11.8. The Morgan fingerprint density at radius 2 is 1.95 bits per heavy atom. The first-order valence-electron chi connectivity index (χ1n) is 6.88. The molecular weight excluding hydrogens is 276 g/mol. The normalized spacial score (nSPS) is 10.9. The Bertz CT molecular complexity index is 815. The average molecular weight is 290 g/mol. The Hall–Kier alpha value is -3.08. The van der Waals surface area contributed by atoms with Crippen molar-refractivity contribution in [1.82, 2.24) is 20.3 Å². The van der Waals surface area contributed by atoms with E-state index in [1.807, 2.05) is 36.4 Å². The fourth-order valence-electron chi connectivity index (χ4n) is 1.96. The van der Waals surface area contributed by atoms with Gasteiger partial charge in [0.2, 0.25) is 5.91 Å². The Labute approximate surface area is 127 Å². The second-order valence-electron chi connectivity index (χ2n) is 4.70. The van der Waals surface area contributed by atoms with E-state index in [1.165, 1.54) is 6.08 Å². The lowest BCUT2D eigenvalue weighted by molar-refractivity contribution is -0.116. The highest BCUT2D eigenvalue weighted by Gasteiger charge is 1.99. The Morgan fingerprint density at radius 3 is 2.77 bits per heavy atom. The number of carbonyl (C=O) groups excluding carboxylic acids is 1. The number of hydrogen-bond acceptors (Lipinski definition) is 4. The highest BCUT2D eigenvalue weighted by molar-refractivity contribution is 5.91. The molecule has 0 saturated carbocycles. The van der Waals surface area contributed by atoms with Gasteiger partial charge < -0.3 is 5.32 Å². The number of fused-ring (bicyclic) bond motifs is 1. The molecule has 2 aromatic heterocycles. The molecule has 0 aliphatic heterocycles. The largest absolute Gasteiger partial charge is 0.348 e. The summed E-state index contributed by atoms with van der Waals surface area (Å²) in [7, 11) is 0. The molecule has 3 rings (SSSR count). The Morgan fingerprint density at radius 1 is 1.09 bits per heavy atom. The summed E-state index contributed by atoms with van der Waals surface area (Å²) < 4.78 is 0. The van der Waals surface area contributed by atoms with Crippen LogP contribution >= 0.6 is 0 Å². The van der Waals surface area contributed by atoms with Crippen LogP contribution in [0.2, 0.25) is 0 Å². The van der Waals surface area contributed by atoms with Gasteiger partial charge in [-0.25, -0.2) is 4.98 Å². The summed E-state index contributed by atoms with van der Waals surface area (Å²) in [6.07, 6.45) is 8.17. The zero-order valence-electron chi connectivity index (χ0n) is 11.8. The lowest BCUT2D eigenvalue weighted by atomic mass is 10.3. The van der Waals surface area contributed by atoms with Gasteiger partial charge in [-0.3, -0.25) is 14.8 Å². The van der Waals surface area contributed by atoms with E-state index in [2.05, 4.69) is 20.3 Å². The van der Waals surface area contributed by atoms with Gasteiger partial charge in [-0.1, -0.05) is 18.2 Å². The second-order valence-corrected chi connectivity index (χ2v) is 4.70. The molecule has 5 nitrogen and oxygen atoms in total. The number of aromatic nitrogens is 3. The summed E-state index contributed by atoms with van der Waals surface area (Å²) in [5.41, 5.74) is 3.24. The summed E-state index contributed by atoms with van der Waals surface area (Å²) in [5.74, 6) is -0.182. The van der Waals surface area contributed by atoms with Crippen LogP contribution in [0.5, 0.6) is 0 Å². The predicted molar refractivity (Wildman–Crippen MR) is 84.7 cm³/mol. The van der Waals surface area contributed by atoms with Gasteiger partial charge in [0.15, 0.2) is 0 Å². The van der Waals surface area contributed by atoms with Crippen LogP contribution in [-0.4, -0.2) is 20.9 Å². The molecule has 0 saturated heterocycles. The fraction of sp³-hybridized carbons (Fsp3) is 0.0588. The van der Waals surface area contributed by atoms with E-state index < -0.39 is 0 Å². The molecule has 108 valence electrons. The highest BCUT2D eigenvalue weighted by Crippen LogP contribution is 2.09. The molecule has 0 aliphatic carbocycles. The summed E-state index contributed by atoms with van der Waals surface area (Å²) in [4.78, 5) is 24.5. The van der Waals surface area contributed by atoms with Crippen molar-refractivity contribution >= 4 is 23.0 Å². The van der Waals surface area contributed by atoms with Gasteiger partial charge in [0.1, 0.15) is 0 Å². The zero-order valence-corrected chi connectivity index (χ0v) is 11.8. The van der Waals surface area contributed by atoms with Gasteiger partial charge in [0.05, 0.1) is 22.9 Å². The van der Waals surface area contributed by atoms with Gasteiger partial charge in [0, 0.05) is 25.0 Å². The standard InChI is InChI=1S/C17H14N4O/c22-17(20-11-13-4-3-9-18-10-13)8-7-14-12-19-15-5-1-2-6-16(15)21-14/h1-10,12H,11H2,(H,20,22). The van der Waals surface area contributed by atoms with Crippen LogP contribution in [0.3, 0.4) is 0 Å². The van der Waals surface area contributed by atoms with E-state index >= 15 is 0 Å². The van der Waals surface area contributed by atoms with Gasteiger partial charge in [-0.05, 0) is 29.8 Å². The van der Waals surface area contributed by atoms with Crippen molar-refractivity contribution in [1.29, 1.82) is 0 Å². The molecule has 2 heterocycles. The lowest BCUT2D eigenvalue weighted by Gasteiger charge is -2.01. The number of nitrogens with one attached hydrogen (secondary N) is 1. The van der Waals surface area contributed by atoms with Crippen molar-refractivity contribution in [3.63, 3.8) is 0 Å². The molecule has 0 spiro atoms. The number of hydrogen-bond donors (Lipinski definition) is 1. The molecule has 1 aromatic carbocycles. The predicted octanol–water partition coefficient (Wildman–Crippen LogP) is 2.35. The Balaban J connectivity index is 1.63. The van der Waals surface area contributed by atoms with Crippen LogP contribution in [-0.2, 0) is 11.3 Å². The van der Waals surface area contributed by atoms with Gasteiger partial charge >= 0.3 is 0 Å². The summed E-state index contributed by atoms with van der Waals surface area (Å²) in [6, 6.07) is 11.4. The summed E-state index contributed by atoms with van der Waals surface area (Å²) in [6.45, 7) is 0.445. The van der Waals surface area contributed by atoms with Gasteiger partial charge in [-0.15, -0.1) is 0 Å². The minimum absolute atomic E-state index is 0.182. The van der Waals surface area contributed by atoms with Crippen LogP contribution < -0.4 is 5.32 Å². The van der Waals surface area contributed by atoms with Crippen molar-refractivity contribution in [3.8, 4) is 0 Å². The van der Waals surface area contributed by atoms with Crippen molar-refractivity contribution < 1.29 is 4.79 Å². The number of rotatable bonds is 4. The third kappa shape index (κ3) is 3.52. The van der Waals surface area contributed by atoms with E-state index in [-0.39, 0.29) is 5.91 Å². The number of nitrogens with zero attached hydrogens (tertiary/aromatic N) is 3. The molecule has 0 atom stereocenters. The SMILES string of the molecule is O=C(C=Cc1cnc2ccccc2n1)NCc1cccnc1. The smallest absolute Gasteiger partial charge is 0.244 e. The first kappa shape index (κ1) is 13.9. The van der Waals surface area contributed by atoms with Crippen LogP contribution in [0.15, 0.2) is 61.1 Å². The number of carbonyl (C=O) groups is 1. The zero-order chi connectivity index (χ0) is 15.2. The third-order valence-corrected chi connectivity index (χ3v) is 3.06. The molecule has 0 aliphatic rings. The monoisotopic (exact) mass is 290 g/mol. The number of para-hydroxylation sites is 2.